The molecule has 5 N–H and O–H groups in total. The van der Waals surface area contributed by atoms with E-state index in [0.29, 0.717) is 62.0 Å². The van der Waals surface area contributed by atoms with Crippen LogP contribution in [0.15, 0.2) is 85.1 Å². The van der Waals surface area contributed by atoms with E-state index >= 15 is 8.78 Å². The number of aliphatic hydroxyl groups excluding tert-OH is 1. The summed E-state index contributed by atoms with van der Waals surface area (Å²) in [5.74, 6) is 0.625. The summed E-state index contributed by atoms with van der Waals surface area (Å²) in [5, 5.41) is 18.8. The van der Waals surface area contributed by atoms with E-state index < -0.39 is 108 Å². The summed E-state index contributed by atoms with van der Waals surface area (Å²) in [4.78, 5) is 62.0. The van der Waals surface area contributed by atoms with E-state index in [1.165, 1.54) is 12.3 Å². The second-order valence-electron chi connectivity index (χ2n) is 20.9. The number of aromatic nitrogens is 1. The van der Waals surface area contributed by atoms with Gasteiger partial charge in [0.05, 0.1) is 62.1 Å². The largest absolute Gasteiger partial charge is 0.453 e. The van der Waals surface area contributed by atoms with Crippen molar-refractivity contribution >= 4 is 29.7 Å². The van der Waals surface area contributed by atoms with Gasteiger partial charge in [-0.25, -0.2) is 23.4 Å². The Morgan fingerprint density at radius 3 is 1.73 bits per heavy atom. The highest BCUT2D eigenvalue weighted by Crippen LogP contribution is 2.42. The van der Waals surface area contributed by atoms with Crippen LogP contribution in [-0.2, 0) is 36.8 Å². The first-order valence-electron chi connectivity index (χ1n) is 25.3. The van der Waals surface area contributed by atoms with Crippen LogP contribution in [0, 0.1) is 34.3 Å². The molecule has 0 spiro atoms. The molecule has 6 atom stereocenters. The predicted octanol–water partition coefficient (Wildman–Crippen LogP) is 7.03. The zero-order valence-electron chi connectivity index (χ0n) is 44.1. The Morgan fingerprint density at radius 1 is 0.747 bits per heavy atom. The maximum absolute atomic E-state index is 16.0. The van der Waals surface area contributed by atoms with Gasteiger partial charge in [-0.1, -0.05) is 30.0 Å². The molecule has 426 valence electrons. The molecule has 0 saturated carbocycles. The van der Waals surface area contributed by atoms with Gasteiger partial charge in [0.2, 0.25) is 5.91 Å². The van der Waals surface area contributed by atoms with Crippen molar-refractivity contribution in [2.24, 2.45) is 10.8 Å². The first-order valence-corrected chi connectivity index (χ1v) is 25.3. The van der Waals surface area contributed by atoms with Gasteiger partial charge in [0.25, 0.3) is 5.91 Å². The van der Waals surface area contributed by atoms with E-state index in [1.54, 1.807) is 36.4 Å². The number of amides is 4. The Balaban J connectivity index is 1.17. The Labute approximate surface area is 451 Å². The average molecular weight is 1120 g/mol. The fourth-order valence-corrected chi connectivity index (χ4v) is 9.74. The minimum atomic E-state index is -5.18. The first kappa shape index (κ1) is 59.6. The van der Waals surface area contributed by atoms with E-state index in [2.05, 4.69) is 46.8 Å². The molecule has 3 aliphatic rings. The molecule has 1 aromatic heterocycles. The van der Waals surface area contributed by atoms with Crippen LogP contribution < -0.4 is 26.3 Å². The highest BCUT2D eigenvalue weighted by Gasteiger charge is 2.57. The number of pyridine rings is 1. The lowest BCUT2D eigenvalue weighted by Crippen LogP contribution is -2.63. The Morgan fingerprint density at radius 2 is 1.27 bits per heavy atom. The Bertz CT molecular complexity index is 2830. The molecule has 2 bridgehead atoms. The molecule has 4 heterocycles. The van der Waals surface area contributed by atoms with Crippen molar-refractivity contribution < 1.29 is 73.6 Å². The standard InChI is InChI=1S/C55H62F8N8O8/c1-52(2,54(58,59)60)46(66-50(75)77-5)48(73)65-44(23-34-14-12-32(13-15-34)10-11-33-16-18-36(19-17-33)69-26-37-20-21-38(27-69)71(37)39-30-79-31-39)45(72)29-70(68-49(74)47(67-51(76)78-6)53(3,4)55(61,62)63)28-40-41(56)24-35(25-42(40)57)43-9-7-8-22-64-43/h7-9,12-19,22,24-25,37-39,44-47,72H,20-21,23,26-31H2,1-6H3,(H,65,73)(H,66,75)(H,67,76)(H,68,74)/t37?,38?,44-,45-,46?,47+/m0/s1. The topological polar surface area (TPSA) is 187 Å². The fourth-order valence-electron chi connectivity index (χ4n) is 9.74. The van der Waals surface area contributed by atoms with Gasteiger partial charge in [-0.3, -0.25) is 24.9 Å². The molecule has 79 heavy (non-hydrogen) atoms. The molecule has 4 aromatic rings. The zero-order valence-corrected chi connectivity index (χ0v) is 44.1. The number of alkyl halides is 6. The summed E-state index contributed by atoms with van der Waals surface area (Å²) in [5.41, 5.74) is -1.95. The summed E-state index contributed by atoms with van der Waals surface area (Å²) in [6.45, 7) is 3.76. The summed E-state index contributed by atoms with van der Waals surface area (Å²) < 4.78 is 134. The van der Waals surface area contributed by atoms with Crippen LogP contribution >= 0.6 is 0 Å². The minimum absolute atomic E-state index is 0.0263. The van der Waals surface area contributed by atoms with Crippen LogP contribution in [0.4, 0.5) is 50.4 Å². The third-order valence-corrected chi connectivity index (χ3v) is 14.8. The van der Waals surface area contributed by atoms with Crippen LogP contribution in [0.1, 0.15) is 62.8 Å². The second-order valence-corrected chi connectivity index (χ2v) is 20.9. The molecule has 0 radical (unpaired) electrons. The number of fused-ring (bicyclic) bond motifs is 2. The maximum Gasteiger partial charge on any atom is 0.407 e. The highest BCUT2D eigenvalue weighted by atomic mass is 19.4. The summed E-state index contributed by atoms with van der Waals surface area (Å²) in [6.07, 6.45) is -12.0. The number of carbonyl (C=O) groups excluding carboxylic acids is 4. The number of hydrogen-bond acceptors (Lipinski definition) is 12. The van der Waals surface area contributed by atoms with Crippen molar-refractivity contribution in [3.05, 3.63) is 119 Å². The van der Waals surface area contributed by atoms with Gasteiger partial charge in [-0.05, 0) is 113 Å². The lowest BCUT2D eigenvalue weighted by atomic mass is 9.82. The molecule has 4 amide bonds. The maximum atomic E-state index is 16.0. The molecule has 0 aliphatic carbocycles. The van der Waals surface area contributed by atoms with Crippen molar-refractivity contribution in [3.8, 4) is 23.1 Å². The van der Waals surface area contributed by atoms with Crippen LogP contribution in [-0.4, -0.2) is 146 Å². The smallest absolute Gasteiger partial charge is 0.407 e. The number of hydrazine groups is 1. The van der Waals surface area contributed by atoms with Gasteiger partial charge in [-0.15, -0.1) is 0 Å². The van der Waals surface area contributed by atoms with Crippen LogP contribution in [0.5, 0.6) is 0 Å². The molecule has 3 unspecified atom stereocenters. The normalized spacial score (nSPS) is 18.5. The number of hydrogen-bond donors (Lipinski definition) is 5. The average Bonchev–Trinajstić information content (AvgIpc) is 3.78. The third-order valence-electron chi connectivity index (χ3n) is 14.8. The third kappa shape index (κ3) is 14.0. The van der Waals surface area contributed by atoms with Gasteiger partial charge in [0, 0.05) is 72.4 Å². The summed E-state index contributed by atoms with van der Waals surface area (Å²) >= 11 is 0. The molecule has 3 aromatic carbocycles. The molecular formula is C55H62F8N8O8. The van der Waals surface area contributed by atoms with Gasteiger partial charge >= 0.3 is 24.5 Å². The van der Waals surface area contributed by atoms with Crippen molar-refractivity contribution in [1.82, 2.24) is 36.3 Å². The molecule has 3 saturated heterocycles. The number of ether oxygens (including phenoxy) is 3. The lowest BCUT2D eigenvalue weighted by molar-refractivity contribution is -0.221. The number of alkyl carbamates (subject to hydrolysis) is 2. The number of halogens is 8. The van der Waals surface area contributed by atoms with E-state index in [4.69, 9.17) is 4.74 Å². The fraction of sp³-hybridized carbons (Fsp3) is 0.473. The molecule has 3 aliphatic heterocycles. The Hall–Kier alpha value is -7.07. The number of nitrogens with zero attached hydrogens (tertiary/aromatic N) is 4. The Kier molecular flexibility index (Phi) is 18.5. The quantitative estimate of drug-likeness (QED) is 0.0390. The number of rotatable bonds is 18. The highest BCUT2D eigenvalue weighted by molar-refractivity contribution is 5.87. The SMILES string of the molecule is COC(=O)NC(C(=O)N[C@@H](Cc1ccc(C#Cc2ccc(N3CC4CCC(C3)N4C3COC3)cc2)cc1)[C@@H](O)CN(Cc1c(F)cc(-c2ccccn2)cc1F)NC(=O)[C@@H](NC(=O)OC)C(C)(C)C(F)(F)F)C(C)(C)C(F)(F)F. The van der Waals surface area contributed by atoms with E-state index in [-0.39, 0.29) is 11.3 Å². The van der Waals surface area contributed by atoms with Crippen LogP contribution in [0.3, 0.4) is 0 Å². The summed E-state index contributed by atoms with van der Waals surface area (Å²) in [7, 11) is 1.67. The molecule has 7 rings (SSSR count). The predicted molar refractivity (Wildman–Crippen MR) is 272 cm³/mol. The van der Waals surface area contributed by atoms with E-state index in [0.717, 1.165) is 76.7 Å². The van der Waals surface area contributed by atoms with Gasteiger partial charge in [0.15, 0.2) is 0 Å². The van der Waals surface area contributed by atoms with E-state index in [1.807, 2.05) is 34.9 Å². The van der Waals surface area contributed by atoms with E-state index in [9.17, 15) is 50.6 Å². The number of carbonyl (C=O) groups is 4. The molecule has 3 fully saturated rings. The van der Waals surface area contributed by atoms with Gasteiger partial charge in [0.1, 0.15) is 23.7 Å². The number of methoxy groups -OCH3 is 2. The van der Waals surface area contributed by atoms with Gasteiger partial charge in [-0.2, -0.15) is 26.3 Å². The number of nitrogens with one attached hydrogen (secondary N) is 4. The van der Waals surface area contributed by atoms with Crippen LogP contribution in [0.25, 0.3) is 11.3 Å². The lowest BCUT2D eigenvalue weighted by Gasteiger charge is -2.48. The monoisotopic (exact) mass is 1110 g/mol. The number of anilines is 1. The van der Waals surface area contributed by atoms with Crippen molar-refractivity contribution in [2.45, 2.75) is 108 Å². The van der Waals surface area contributed by atoms with Gasteiger partial charge < -0.3 is 40.2 Å². The second kappa shape index (κ2) is 24.5. The number of piperazine rings is 1. The van der Waals surface area contributed by atoms with Crippen molar-refractivity contribution in [3.63, 3.8) is 0 Å². The number of aliphatic hydroxyl groups is 1. The minimum Gasteiger partial charge on any atom is -0.453 e. The molecule has 16 nitrogen and oxygen atoms in total. The van der Waals surface area contributed by atoms with Crippen molar-refractivity contribution in [1.29, 1.82) is 0 Å². The van der Waals surface area contributed by atoms with Crippen molar-refractivity contribution in [2.75, 3.05) is 52.0 Å². The zero-order chi connectivity index (χ0) is 57.6. The summed E-state index contributed by atoms with van der Waals surface area (Å²) in [6, 6.07) is 15.3. The molecule has 24 heteroatoms. The molecular weight excluding hydrogens is 1050 g/mol. The first-order chi connectivity index (χ1) is 37.2. The number of benzene rings is 3. The van der Waals surface area contributed by atoms with Crippen LogP contribution in [0.2, 0.25) is 0 Å².